The van der Waals surface area contributed by atoms with Crippen molar-refractivity contribution in [1.82, 2.24) is 15.3 Å². The van der Waals surface area contributed by atoms with Gasteiger partial charge in [-0.25, -0.2) is 4.98 Å². The summed E-state index contributed by atoms with van der Waals surface area (Å²) in [7, 11) is 0. The third-order valence-corrected chi connectivity index (χ3v) is 4.30. The molecule has 0 radical (unpaired) electrons. The summed E-state index contributed by atoms with van der Waals surface area (Å²) >= 11 is 0. The minimum absolute atomic E-state index is 0.225. The second-order valence-corrected chi connectivity index (χ2v) is 5.87. The second kappa shape index (κ2) is 5.85. The minimum atomic E-state index is -0.225. The highest BCUT2D eigenvalue weighted by molar-refractivity contribution is 6.03. The zero-order valence-electron chi connectivity index (χ0n) is 12.7. The molecule has 0 bridgehead atoms. The maximum Gasteiger partial charge on any atom is 0.291 e. The fourth-order valence-electron chi connectivity index (χ4n) is 3.03. The van der Waals surface area contributed by atoms with Crippen molar-refractivity contribution >= 4 is 22.6 Å². The number of imidazole rings is 1. The largest absolute Gasteiger partial charge is 0.334 e. The number of fused-ring (bicyclic) bond motifs is 1. The number of H-pyrrole nitrogens is 1. The Morgan fingerprint density at radius 3 is 2.70 bits per heavy atom. The molecule has 5 heteroatoms. The van der Waals surface area contributed by atoms with Crippen LogP contribution in [0.4, 0.5) is 5.69 Å². The van der Waals surface area contributed by atoms with Gasteiger partial charge in [0.15, 0.2) is 5.82 Å². The van der Waals surface area contributed by atoms with Crippen molar-refractivity contribution in [3.63, 3.8) is 0 Å². The summed E-state index contributed by atoms with van der Waals surface area (Å²) in [6.07, 6.45) is 1.17. The molecule has 0 aliphatic carbocycles. The Bertz CT molecular complexity index is 799. The van der Waals surface area contributed by atoms with Crippen LogP contribution in [0, 0.1) is 0 Å². The molecule has 1 aromatic heterocycles. The topological polar surface area (TPSA) is 69.8 Å². The summed E-state index contributed by atoms with van der Waals surface area (Å²) in [5, 5.41) is 6.26. The molecule has 3 N–H and O–H groups in total. The lowest BCUT2D eigenvalue weighted by atomic mass is 9.98. The zero-order valence-corrected chi connectivity index (χ0v) is 12.7. The number of nitrogens with zero attached hydrogens (tertiary/aromatic N) is 1. The molecule has 5 nitrogen and oxygen atoms in total. The van der Waals surface area contributed by atoms with E-state index >= 15 is 0 Å². The highest BCUT2D eigenvalue weighted by Gasteiger charge is 2.16. The summed E-state index contributed by atoms with van der Waals surface area (Å²) in [5.41, 5.74) is 3.75. The number of aromatic nitrogens is 2. The molecule has 1 atom stereocenters. The highest BCUT2D eigenvalue weighted by Crippen LogP contribution is 2.23. The number of benzene rings is 2. The Hall–Kier alpha value is -2.66. The van der Waals surface area contributed by atoms with E-state index in [0.717, 1.165) is 29.8 Å². The molecule has 0 saturated carbocycles. The van der Waals surface area contributed by atoms with Gasteiger partial charge in [-0.3, -0.25) is 4.79 Å². The average molecular weight is 306 g/mol. The third-order valence-electron chi connectivity index (χ3n) is 4.30. The maximum atomic E-state index is 12.3. The lowest BCUT2D eigenvalue weighted by Crippen LogP contribution is -2.13. The van der Waals surface area contributed by atoms with Crippen LogP contribution < -0.4 is 10.6 Å². The first kappa shape index (κ1) is 14.0. The Morgan fingerprint density at radius 2 is 1.96 bits per heavy atom. The Balaban J connectivity index is 1.49. The monoisotopic (exact) mass is 306 g/mol. The number of para-hydroxylation sites is 2. The summed E-state index contributed by atoms with van der Waals surface area (Å²) in [5.74, 6) is 0.682. The van der Waals surface area contributed by atoms with Gasteiger partial charge in [0.05, 0.1) is 11.0 Å². The maximum absolute atomic E-state index is 12.3. The van der Waals surface area contributed by atoms with Crippen molar-refractivity contribution in [3.05, 3.63) is 59.9 Å². The molecule has 3 aromatic rings. The second-order valence-electron chi connectivity index (χ2n) is 5.87. The van der Waals surface area contributed by atoms with E-state index < -0.39 is 0 Å². The highest BCUT2D eigenvalue weighted by atomic mass is 16.2. The molecule has 1 amide bonds. The van der Waals surface area contributed by atoms with Gasteiger partial charge in [-0.05, 0) is 48.7 Å². The van der Waals surface area contributed by atoms with Crippen LogP contribution in [0.2, 0.25) is 0 Å². The average Bonchev–Trinajstić information content (AvgIpc) is 3.25. The van der Waals surface area contributed by atoms with Crippen molar-refractivity contribution in [1.29, 1.82) is 0 Å². The summed E-state index contributed by atoms with van der Waals surface area (Å²) in [4.78, 5) is 19.7. The Labute approximate surface area is 134 Å². The number of hydrogen-bond acceptors (Lipinski definition) is 3. The van der Waals surface area contributed by atoms with E-state index in [1.165, 1.54) is 12.0 Å². The van der Waals surface area contributed by atoms with Gasteiger partial charge >= 0.3 is 0 Å². The van der Waals surface area contributed by atoms with Crippen molar-refractivity contribution in [3.8, 4) is 0 Å². The molecule has 1 aliphatic rings. The number of aromatic amines is 1. The van der Waals surface area contributed by atoms with Gasteiger partial charge in [0.25, 0.3) is 5.91 Å². The van der Waals surface area contributed by atoms with Crippen LogP contribution in [0.15, 0.2) is 48.5 Å². The first-order valence-corrected chi connectivity index (χ1v) is 7.86. The van der Waals surface area contributed by atoms with E-state index in [1.54, 1.807) is 0 Å². The van der Waals surface area contributed by atoms with Gasteiger partial charge in [0.2, 0.25) is 0 Å². The SMILES string of the molecule is O=C(Nc1ccc(C2CCNC2)cc1)c1nc2ccccc2[nH]1. The minimum Gasteiger partial charge on any atom is -0.334 e. The van der Waals surface area contributed by atoms with E-state index in [0.29, 0.717) is 11.7 Å². The number of carbonyl (C=O) groups is 1. The smallest absolute Gasteiger partial charge is 0.291 e. The molecule has 1 aliphatic heterocycles. The fraction of sp³-hybridized carbons (Fsp3) is 0.222. The van der Waals surface area contributed by atoms with Gasteiger partial charge in [0.1, 0.15) is 0 Å². The summed E-state index contributed by atoms with van der Waals surface area (Å²) in [6, 6.07) is 15.7. The van der Waals surface area contributed by atoms with Crippen molar-refractivity contribution in [2.75, 3.05) is 18.4 Å². The van der Waals surface area contributed by atoms with Crippen molar-refractivity contribution < 1.29 is 4.79 Å². The number of hydrogen-bond donors (Lipinski definition) is 3. The molecule has 0 spiro atoms. The molecular weight excluding hydrogens is 288 g/mol. The molecule has 116 valence electrons. The molecule has 1 unspecified atom stereocenters. The van der Waals surface area contributed by atoms with E-state index in [-0.39, 0.29) is 5.91 Å². The summed E-state index contributed by atoms with van der Waals surface area (Å²) in [6.45, 7) is 2.11. The van der Waals surface area contributed by atoms with E-state index in [1.807, 2.05) is 36.4 Å². The van der Waals surface area contributed by atoms with Crippen molar-refractivity contribution in [2.45, 2.75) is 12.3 Å². The standard InChI is InChI=1S/C18H18N4O/c23-18(17-21-15-3-1-2-4-16(15)22-17)20-14-7-5-12(6-8-14)13-9-10-19-11-13/h1-8,13,19H,9-11H2,(H,20,23)(H,21,22). The van der Waals surface area contributed by atoms with Crippen molar-refractivity contribution in [2.24, 2.45) is 0 Å². The van der Waals surface area contributed by atoms with Crippen LogP contribution in [0.1, 0.15) is 28.5 Å². The van der Waals surface area contributed by atoms with Gasteiger partial charge in [-0.15, -0.1) is 0 Å². The molecule has 23 heavy (non-hydrogen) atoms. The molecule has 1 saturated heterocycles. The van der Waals surface area contributed by atoms with Gasteiger partial charge in [-0.1, -0.05) is 24.3 Å². The molecule has 4 rings (SSSR count). The first-order chi connectivity index (χ1) is 11.3. The molecule has 1 fully saturated rings. The van der Waals surface area contributed by atoms with Crippen LogP contribution in [0.5, 0.6) is 0 Å². The number of anilines is 1. The van der Waals surface area contributed by atoms with Gasteiger partial charge in [0, 0.05) is 12.2 Å². The van der Waals surface area contributed by atoms with Crippen LogP contribution in [0.25, 0.3) is 11.0 Å². The number of rotatable bonds is 3. The Morgan fingerprint density at radius 1 is 1.13 bits per heavy atom. The summed E-state index contributed by atoms with van der Waals surface area (Å²) < 4.78 is 0. The first-order valence-electron chi connectivity index (χ1n) is 7.86. The fourth-order valence-corrected chi connectivity index (χ4v) is 3.03. The van der Waals surface area contributed by atoms with Crippen LogP contribution in [-0.4, -0.2) is 29.0 Å². The zero-order chi connectivity index (χ0) is 15.6. The Kier molecular flexibility index (Phi) is 3.55. The quantitative estimate of drug-likeness (QED) is 0.697. The van der Waals surface area contributed by atoms with E-state index in [4.69, 9.17) is 0 Å². The number of amides is 1. The molecule has 2 heterocycles. The molecule has 2 aromatic carbocycles. The van der Waals surface area contributed by atoms with Gasteiger partial charge in [-0.2, -0.15) is 0 Å². The van der Waals surface area contributed by atoms with Gasteiger partial charge < -0.3 is 15.6 Å². The van der Waals surface area contributed by atoms with E-state index in [2.05, 4.69) is 32.7 Å². The lowest BCUT2D eigenvalue weighted by Gasteiger charge is -2.10. The molecular formula is C18H18N4O. The number of carbonyl (C=O) groups excluding carboxylic acids is 1. The van der Waals surface area contributed by atoms with Crippen LogP contribution >= 0.6 is 0 Å². The van der Waals surface area contributed by atoms with Crippen LogP contribution in [0.3, 0.4) is 0 Å². The normalized spacial score (nSPS) is 17.5. The predicted molar refractivity (Wildman–Crippen MR) is 90.7 cm³/mol. The van der Waals surface area contributed by atoms with E-state index in [9.17, 15) is 4.79 Å². The van der Waals surface area contributed by atoms with Crippen LogP contribution in [-0.2, 0) is 0 Å². The third kappa shape index (κ3) is 2.83. The number of nitrogens with one attached hydrogen (secondary N) is 3. The lowest BCUT2D eigenvalue weighted by molar-refractivity contribution is 0.101. The predicted octanol–water partition coefficient (Wildman–Crippen LogP) is 2.89.